The first-order chi connectivity index (χ1) is 10.4. The summed E-state index contributed by atoms with van der Waals surface area (Å²) in [5.74, 6) is -0.570. The molecule has 9 nitrogen and oxygen atoms in total. The Bertz CT molecular complexity index is 539. The van der Waals surface area contributed by atoms with Crippen LogP contribution < -0.4 is 5.32 Å². The van der Waals surface area contributed by atoms with Crippen molar-refractivity contribution in [2.75, 3.05) is 26.2 Å². The molecule has 9 heteroatoms. The van der Waals surface area contributed by atoms with E-state index >= 15 is 0 Å². The first-order valence-corrected chi connectivity index (χ1v) is 6.83. The van der Waals surface area contributed by atoms with Crippen LogP contribution in [0, 0.1) is 20.2 Å². The van der Waals surface area contributed by atoms with Gasteiger partial charge in [0.1, 0.15) is 0 Å². The number of nitrogens with one attached hydrogen (secondary N) is 1. The second-order valence-corrected chi connectivity index (χ2v) is 4.54. The zero-order valence-corrected chi connectivity index (χ0v) is 12.4. The Kier molecular flexibility index (Phi) is 6.39. The normalized spacial score (nSPS) is 10.5. The Morgan fingerprint density at radius 2 is 1.59 bits per heavy atom. The summed E-state index contributed by atoms with van der Waals surface area (Å²) in [5.41, 5.74) is -1.06. The maximum Gasteiger partial charge on any atom is 0.277 e. The number of likely N-dealkylation sites (N-methyl/N-ethyl adjacent to an activating group) is 1. The molecule has 0 aliphatic carbocycles. The monoisotopic (exact) mass is 310 g/mol. The number of carbonyl (C=O) groups is 1. The van der Waals surface area contributed by atoms with Gasteiger partial charge in [0.15, 0.2) is 0 Å². The highest BCUT2D eigenvalue weighted by molar-refractivity contribution is 5.95. The van der Waals surface area contributed by atoms with Gasteiger partial charge in [-0.1, -0.05) is 13.8 Å². The summed E-state index contributed by atoms with van der Waals surface area (Å²) >= 11 is 0. The van der Waals surface area contributed by atoms with Crippen molar-refractivity contribution in [2.45, 2.75) is 13.8 Å². The van der Waals surface area contributed by atoms with Crippen LogP contribution in [0.4, 0.5) is 11.4 Å². The largest absolute Gasteiger partial charge is 0.351 e. The number of nitrogens with zero attached hydrogens (tertiary/aromatic N) is 3. The molecule has 1 rings (SSSR count). The molecule has 0 radical (unpaired) electrons. The molecule has 0 saturated carbocycles. The zero-order chi connectivity index (χ0) is 16.7. The van der Waals surface area contributed by atoms with Crippen molar-refractivity contribution in [3.63, 3.8) is 0 Å². The van der Waals surface area contributed by atoms with Crippen LogP contribution in [0.3, 0.4) is 0 Å². The third-order valence-corrected chi connectivity index (χ3v) is 3.19. The summed E-state index contributed by atoms with van der Waals surface area (Å²) in [4.78, 5) is 34.1. The molecule has 120 valence electrons. The van der Waals surface area contributed by atoms with Crippen molar-refractivity contribution in [3.05, 3.63) is 44.0 Å². The highest BCUT2D eigenvalue weighted by Crippen LogP contribution is 2.22. The summed E-state index contributed by atoms with van der Waals surface area (Å²) in [6.07, 6.45) is 0. The van der Waals surface area contributed by atoms with E-state index in [1.807, 2.05) is 13.8 Å². The van der Waals surface area contributed by atoms with E-state index in [1.54, 1.807) is 0 Å². The number of non-ortho nitro benzene ring substituents is 2. The molecular formula is C13H18N4O5. The number of nitro benzene ring substituents is 2. The Morgan fingerprint density at radius 1 is 1.09 bits per heavy atom. The molecule has 0 atom stereocenters. The van der Waals surface area contributed by atoms with Crippen molar-refractivity contribution in [3.8, 4) is 0 Å². The maximum absolute atomic E-state index is 12.0. The van der Waals surface area contributed by atoms with Crippen molar-refractivity contribution in [1.29, 1.82) is 0 Å². The maximum atomic E-state index is 12.0. The molecule has 0 unspecified atom stereocenters. The van der Waals surface area contributed by atoms with E-state index in [2.05, 4.69) is 10.2 Å². The lowest BCUT2D eigenvalue weighted by atomic mass is 10.1. The van der Waals surface area contributed by atoms with Gasteiger partial charge in [0.25, 0.3) is 17.3 Å². The molecule has 22 heavy (non-hydrogen) atoms. The van der Waals surface area contributed by atoms with Crippen LogP contribution >= 0.6 is 0 Å². The minimum atomic E-state index is -0.764. The minimum Gasteiger partial charge on any atom is -0.351 e. The van der Waals surface area contributed by atoms with Crippen molar-refractivity contribution in [2.24, 2.45) is 0 Å². The molecule has 0 bridgehead atoms. The molecule has 0 heterocycles. The molecule has 1 aromatic rings. The fraction of sp³-hybridized carbons (Fsp3) is 0.462. The van der Waals surface area contributed by atoms with Gasteiger partial charge in [0.2, 0.25) is 0 Å². The van der Waals surface area contributed by atoms with Gasteiger partial charge in [0.05, 0.1) is 21.5 Å². The second kappa shape index (κ2) is 8.03. The van der Waals surface area contributed by atoms with E-state index < -0.39 is 27.1 Å². The van der Waals surface area contributed by atoms with E-state index in [-0.39, 0.29) is 5.56 Å². The lowest BCUT2D eigenvalue weighted by Gasteiger charge is -2.17. The van der Waals surface area contributed by atoms with Crippen LogP contribution in [0.15, 0.2) is 18.2 Å². The molecule has 0 saturated heterocycles. The van der Waals surface area contributed by atoms with Crippen molar-refractivity contribution >= 4 is 17.3 Å². The molecule has 1 amide bonds. The number of hydrogen-bond acceptors (Lipinski definition) is 6. The Labute approximate surface area is 127 Å². The standard InChI is InChI=1S/C13H18N4O5/c1-3-15(4-2)6-5-14-13(18)10-7-11(16(19)20)9-12(8-10)17(21)22/h7-9H,3-6H2,1-2H3,(H,14,18). The third-order valence-electron chi connectivity index (χ3n) is 3.19. The number of amides is 1. The number of benzene rings is 1. The molecule has 0 aliphatic heterocycles. The number of nitro groups is 2. The van der Waals surface area contributed by atoms with E-state index in [4.69, 9.17) is 0 Å². The third kappa shape index (κ3) is 4.77. The molecule has 1 aromatic carbocycles. The van der Waals surface area contributed by atoms with Crippen LogP contribution in [0.5, 0.6) is 0 Å². The average Bonchev–Trinajstić information content (AvgIpc) is 2.50. The van der Waals surface area contributed by atoms with E-state index in [0.717, 1.165) is 31.3 Å². The summed E-state index contributed by atoms with van der Waals surface area (Å²) in [6, 6.07) is 2.88. The number of rotatable bonds is 8. The fourth-order valence-electron chi connectivity index (χ4n) is 1.91. The predicted octanol–water partition coefficient (Wildman–Crippen LogP) is 1.57. The summed E-state index contributed by atoms with van der Waals surface area (Å²) in [6.45, 7) is 6.67. The lowest BCUT2D eigenvalue weighted by Crippen LogP contribution is -2.34. The van der Waals surface area contributed by atoms with Gasteiger partial charge in [-0.25, -0.2) is 0 Å². The smallest absolute Gasteiger partial charge is 0.277 e. The Balaban J connectivity index is 2.84. The van der Waals surface area contributed by atoms with Crippen LogP contribution in [0.2, 0.25) is 0 Å². The molecular weight excluding hydrogens is 292 g/mol. The molecule has 0 aliphatic rings. The highest BCUT2D eigenvalue weighted by Gasteiger charge is 2.19. The first kappa shape index (κ1) is 17.5. The van der Waals surface area contributed by atoms with Crippen LogP contribution in [0.1, 0.15) is 24.2 Å². The van der Waals surface area contributed by atoms with Gasteiger partial charge in [-0.05, 0) is 13.1 Å². The van der Waals surface area contributed by atoms with Gasteiger partial charge >= 0.3 is 0 Å². The van der Waals surface area contributed by atoms with Crippen LogP contribution in [-0.2, 0) is 0 Å². The Hall–Kier alpha value is -2.55. The fourth-order valence-corrected chi connectivity index (χ4v) is 1.91. The minimum absolute atomic E-state index is 0.0968. The average molecular weight is 310 g/mol. The SMILES string of the molecule is CCN(CC)CCNC(=O)c1cc([N+](=O)[O-])cc([N+](=O)[O-])c1. The van der Waals surface area contributed by atoms with Crippen LogP contribution in [-0.4, -0.2) is 46.8 Å². The van der Waals surface area contributed by atoms with E-state index in [9.17, 15) is 25.0 Å². The molecule has 0 fully saturated rings. The van der Waals surface area contributed by atoms with Gasteiger partial charge < -0.3 is 10.2 Å². The van der Waals surface area contributed by atoms with Crippen molar-refractivity contribution < 1.29 is 14.6 Å². The van der Waals surface area contributed by atoms with Crippen LogP contribution in [0.25, 0.3) is 0 Å². The quantitative estimate of drug-likeness (QED) is 0.575. The second-order valence-electron chi connectivity index (χ2n) is 4.54. The van der Waals surface area contributed by atoms with Gasteiger partial charge in [0, 0.05) is 25.2 Å². The van der Waals surface area contributed by atoms with Gasteiger partial charge in [-0.3, -0.25) is 25.0 Å². The van der Waals surface area contributed by atoms with E-state index in [1.165, 1.54) is 0 Å². The highest BCUT2D eigenvalue weighted by atomic mass is 16.6. The van der Waals surface area contributed by atoms with Gasteiger partial charge in [-0.15, -0.1) is 0 Å². The first-order valence-electron chi connectivity index (χ1n) is 6.83. The number of hydrogen-bond donors (Lipinski definition) is 1. The lowest BCUT2D eigenvalue weighted by molar-refractivity contribution is -0.394. The number of carbonyl (C=O) groups excluding carboxylic acids is 1. The van der Waals surface area contributed by atoms with Crippen molar-refractivity contribution in [1.82, 2.24) is 10.2 Å². The molecule has 0 aromatic heterocycles. The summed E-state index contributed by atoms with van der Waals surface area (Å²) in [5, 5.41) is 24.2. The van der Waals surface area contributed by atoms with E-state index in [0.29, 0.717) is 13.1 Å². The predicted molar refractivity (Wildman–Crippen MR) is 79.9 cm³/mol. The zero-order valence-electron chi connectivity index (χ0n) is 12.4. The summed E-state index contributed by atoms with van der Waals surface area (Å²) < 4.78 is 0. The topological polar surface area (TPSA) is 119 Å². The Morgan fingerprint density at radius 3 is 2.00 bits per heavy atom. The summed E-state index contributed by atoms with van der Waals surface area (Å²) in [7, 11) is 0. The molecule has 0 spiro atoms. The molecule has 1 N–H and O–H groups in total. The van der Waals surface area contributed by atoms with Gasteiger partial charge in [-0.2, -0.15) is 0 Å².